The summed E-state index contributed by atoms with van der Waals surface area (Å²) in [4.78, 5) is 0. The lowest BCUT2D eigenvalue weighted by Crippen LogP contribution is -2.38. The van der Waals surface area contributed by atoms with E-state index in [2.05, 4.69) is 5.43 Å². The number of nitrogens with one attached hydrogen (secondary N) is 1. The summed E-state index contributed by atoms with van der Waals surface area (Å²) in [5.74, 6) is 0.250. The fourth-order valence-corrected chi connectivity index (χ4v) is 2.01. The van der Waals surface area contributed by atoms with Gasteiger partial charge >= 0.3 is 0 Å². The molecule has 1 aliphatic heterocycles. The molecule has 0 bridgehead atoms. The number of phenols is 1. The molecular formula is C13H13N3O. The highest BCUT2D eigenvalue weighted by Gasteiger charge is 2.25. The van der Waals surface area contributed by atoms with Gasteiger partial charge in [0.1, 0.15) is 11.4 Å². The number of nitrogens with zero attached hydrogens (tertiary/aromatic N) is 2. The van der Waals surface area contributed by atoms with Gasteiger partial charge in [-0.3, -0.25) is 10.4 Å². The van der Waals surface area contributed by atoms with Gasteiger partial charge in [0, 0.05) is 7.05 Å². The van der Waals surface area contributed by atoms with E-state index < -0.39 is 0 Å². The van der Waals surface area contributed by atoms with E-state index in [1.165, 1.54) is 0 Å². The van der Waals surface area contributed by atoms with Gasteiger partial charge < -0.3 is 5.11 Å². The Morgan fingerprint density at radius 1 is 0.941 bits per heavy atom. The van der Waals surface area contributed by atoms with E-state index in [1.54, 1.807) is 6.07 Å². The maximum Gasteiger partial charge on any atom is 0.142 e. The Labute approximate surface area is 99.7 Å². The van der Waals surface area contributed by atoms with Crippen LogP contribution < -0.4 is 15.6 Å². The first-order chi connectivity index (χ1) is 8.27. The smallest absolute Gasteiger partial charge is 0.142 e. The number of anilines is 3. The molecule has 0 aliphatic carbocycles. The van der Waals surface area contributed by atoms with Gasteiger partial charge in [0.25, 0.3) is 0 Å². The first kappa shape index (κ1) is 9.84. The second kappa shape index (κ2) is 3.59. The number of hydrogen-bond acceptors (Lipinski definition) is 4. The van der Waals surface area contributed by atoms with Gasteiger partial charge in [-0.25, -0.2) is 0 Å². The maximum atomic E-state index is 9.86. The summed E-state index contributed by atoms with van der Waals surface area (Å²) >= 11 is 0. The Balaban J connectivity index is 2.02. The van der Waals surface area contributed by atoms with Crippen molar-refractivity contribution in [2.75, 3.05) is 22.6 Å². The summed E-state index contributed by atoms with van der Waals surface area (Å²) < 4.78 is 0. The topological polar surface area (TPSA) is 38.7 Å². The van der Waals surface area contributed by atoms with E-state index in [4.69, 9.17) is 0 Å². The van der Waals surface area contributed by atoms with Crippen LogP contribution in [-0.2, 0) is 0 Å². The summed E-state index contributed by atoms with van der Waals surface area (Å²) in [5, 5.41) is 13.6. The van der Waals surface area contributed by atoms with Crippen molar-refractivity contribution >= 4 is 17.1 Å². The number of fused-ring (bicyclic) bond motifs is 1. The molecule has 0 amide bonds. The Kier molecular flexibility index (Phi) is 2.08. The monoisotopic (exact) mass is 227 g/mol. The quantitative estimate of drug-likeness (QED) is 0.785. The van der Waals surface area contributed by atoms with Crippen LogP contribution in [0.1, 0.15) is 0 Å². The van der Waals surface area contributed by atoms with Gasteiger partial charge in [-0.15, -0.1) is 0 Å². The molecule has 1 aliphatic rings. The number of phenolic OH excluding ortho intramolecular Hbond substituents is 1. The minimum atomic E-state index is 0.250. The van der Waals surface area contributed by atoms with E-state index in [0.717, 1.165) is 17.1 Å². The third-order valence-electron chi connectivity index (χ3n) is 2.89. The van der Waals surface area contributed by atoms with Crippen LogP contribution in [-0.4, -0.2) is 12.2 Å². The Bertz CT molecular complexity index is 556. The van der Waals surface area contributed by atoms with Crippen molar-refractivity contribution in [1.82, 2.24) is 0 Å². The van der Waals surface area contributed by atoms with Gasteiger partial charge in [-0.1, -0.05) is 24.3 Å². The van der Waals surface area contributed by atoms with Gasteiger partial charge in [0.15, 0.2) is 0 Å². The highest BCUT2D eigenvalue weighted by molar-refractivity contribution is 5.81. The first-order valence-electron chi connectivity index (χ1n) is 5.45. The van der Waals surface area contributed by atoms with E-state index in [-0.39, 0.29) is 5.75 Å². The molecule has 0 aromatic heterocycles. The normalized spacial score (nSPS) is 13.5. The van der Waals surface area contributed by atoms with Gasteiger partial charge in [-0.2, -0.15) is 5.12 Å². The second-order valence-corrected chi connectivity index (χ2v) is 3.95. The van der Waals surface area contributed by atoms with Crippen LogP contribution >= 0.6 is 0 Å². The van der Waals surface area contributed by atoms with Crippen molar-refractivity contribution in [2.24, 2.45) is 0 Å². The number of hydrogen-bond donors (Lipinski definition) is 2. The summed E-state index contributed by atoms with van der Waals surface area (Å²) in [6.45, 7) is 0. The minimum Gasteiger partial charge on any atom is -0.506 e. The molecule has 4 heteroatoms. The van der Waals surface area contributed by atoms with Crippen molar-refractivity contribution in [2.45, 2.75) is 0 Å². The molecule has 0 unspecified atom stereocenters. The SMILES string of the molecule is CN1c2ccccc2NN1c1ccccc1O. The average Bonchev–Trinajstić information content (AvgIpc) is 2.68. The molecule has 4 nitrogen and oxygen atoms in total. The van der Waals surface area contributed by atoms with Crippen molar-refractivity contribution in [3.63, 3.8) is 0 Å². The molecule has 0 atom stereocenters. The standard InChI is InChI=1S/C13H13N3O/c1-15-11-7-3-2-6-10(11)14-16(15)12-8-4-5-9-13(12)17/h2-9,14,17H,1H3. The van der Waals surface area contributed by atoms with Crippen molar-refractivity contribution in [1.29, 1.82) is 0 Å². The molecule has 2 N–H and O–H groups in total. The zero-order valence-electron chi connectivity index (χ0n) is 9.46. The molecule has 1 heterocycles. The van der Waals surface area contributed by atoms with Crippen LogP contribution in [0.5, 0.6) is 5.75 Å². The van der Waals surface area contributed by atoms with Crippen LogP contribution in [0.3, 0.4) is 0 Å². The molecule has 2 aromatic rings. The molecule has 3 rings (SSSR count). The van der Waals surface area contributed by atoms with Gasteiger partial charge in [0.2, 0.25) is 0 Å². The summed E-state index contributed by atoms with van der Waals surface area (Å²) in [6, 6.07) is 15.3. The van der Waals surface area contributed by atoms with Crippen molar-refractivity contribution in [3.8, 4) is 5.75 Å². The Morgan fingerprint density at radius 3 is 2.29 bits per heavy atom. The lowest BCUT2D eigenvalue weighted by molar-refractivity contribution is 0.475. The van der Waals surface area contributed by atoms with Crippen molar-refractivity contribution < 1.29 is 5.11 Å². The maximum absolute atomic E-state index is 9.86. The molecule has 17 heavy (non-hydrogen) atoms. The highest BCUT2D eigenvalue weighted by Crippen LogP contribution is 2.37. The Morgan fingerprint density at radius 2 is 1.59 bits per heavy atom. The average molecular weight is 227 g/mol. The van der Waals surface area contributed by atoms with Gasteiger partial charge in [0.05, 0.1) is 11.4 Å². The van der Waals surface area contributed by atoms with Crippen LogP contribution in [0.25, 0.3) is 0 Å². The second-order valence-electron chi connectivity index (χ2n) is 3.95. The van der Waals surface area contributed by atoms with E-state index in [0.29, 0.717) is 0 Å². The van der Waals surface area contributed by atoms with Crippen LogP contribution in [0.4, 0.5) is 17.1 Å². The van der Waals surface area contributed by atoms with Crippen LogP contribution in [0, 0.1) is 0 Å². The summed E-state index contributed by atoms with van der Waals surface area (Å²) in [7, 11) is 1.95. The predicted molar refractivity (Wildman–Crippen MR) is 69.1 cm³/mol. The molecule has 0 spiro atoms. The van der Waals surface area contributed by atoms with E-state index >= 15 is 0 Å². The first-order valence-corrected chi connectivity index (χ1v) is 5.45. The summed E-state index contributed by atoms with van der Waals surface area (Å²) in [6.07, 6.45) is 0. The summed E-state index contributed by atoms with van der Waals surface area (Å²) in [5.41, 5.74) is 6.07. The molecule has 86 valence electrons. The minimum absolute atomic E-state index is 0.250. The number of rotatable bonds is 1. The lowest BCUT2D eigenvalue weighted by Gasteiger charge is -2.27. The third kappa shape index (κ3) is 1.45. The van der Waals surface area contributed by atoms with Crippen molar-refractivity contribution in [3.05, 3.63) is 48.5 Å². The molecule has 0 fully saturated rings. The van der Waals surface area contributed by atoms with E-state index in [9.17, 15) is 5.11 Å². The lowest BCUT2D eigenvalue weighted by atomic mass is 10.3. The molecule has 0 saturated heterocycles. The fraction of sp³-hybridized carbons (Fsp3) is 0.0769. The van der Waals surface area contributed by atoms with Crippen LogP contribution in [0.15, 0.2) is 48.5 Å². The van der Waals surface area contributed by atoms with Crippen LogP contribution in [0.2, 0.25) is 0 Å². The zero-order chi connectivity index (χ0) is 11.8. The molecule has 0 saturated carbocycles. The third-order valence-corrected chi connectivity index (χ3v) is 2.89. The molecule has 0 radical (unpaired) electrons. The number of benzene rings is 2. The predicted octanol–water partition coefficient (Wildman–Crippen LogP) is 2.59. The Hall–Kier alpha value is -2.36. The fourth-order valence-electron chi connectivity index (χ4n) is 2.01. The largest absolute Gasteiger partial charge is 0.506 e. The molecular weight excluding hydrogens is 214 g/mol. The molecule has 2 aromatic carbocycles. The number of aromatic hydroxyl groups is 1. The van der Waals surface area contributed by atoms with E-state index in [1.807, 2.05) is 59.6 Å². The zero-order valence-corrected chi connectivity index (χ0v) is 9.46. The van der Waals surface area contributed by atoms with Gasteiger partial charge in [-0.05, 0) is 24.3 Å². The number of para-hydroxylation sites is 4. The number of hydrazine groups is 2. The highest BCUT2D eigenvalue weighted by atomic mass is 16.3.